The molecule has 30 heavy (non-hydrogen) atoms. The van der Waals surface area contributed by atoms with Crippen molar-refractivity contribution in [2.24, 2.45) is 0 Å². The van der Waals surface area contributed by atoms with Gasteiger partial charge in [0.15, 0.2) is 0 Å². The van der Waals surface area contributed by atoms with Crippen LogP contribution in [0.25, 0.3) is 10.6 Å². The Balaban J connectivity index is 1.47. The number of thiazole rings is 1. The van der Waals surface area contributed by atoms with Crippen LogP contribution in [0.4, 0.5) is 4.39 Å². The minimum Gasteiger partial charge on any atom is -0.350 e. The third-order valence-corrected chi connectivity index (χ3v) is 6.05. The van der Waals surface area contributed by atoms with E-state index < -0.39 is 18.1 Å². The zero-order valence-electron chi connectivity index (χ0n) is 16.4. The number of pyridine rings is 1. The molecule has 0 unspecified atom stereocenters. The van der Waals surface area contributed by atoms with E-state index >= 15 is 0 Å². The van der Waals surface area contributed by atoms with E-state index in [-0.39, 0.29) is 24.6 Å². The van der Waals surface area contributed by atoms with Crippen molar-refractivity contribution in [2.75, 3.05) is 6.54 Å². The molecule has 0 aliphatic carbocycles. The van der Waals surface area contributed by atoms with Crippen LogP contribution in [0.15, 0.2) is 54.2 Å². The fraction of sp³-hybridized carbons (Fsp3) is 0.273. The molecule has 1 aliphatic rings. The van der Waals surface area contributed by atoms with Gasteiger partial charge < -0.3 is 10.2 Å². The molecule has 1 saturated heterocycles. The van der Waals surface area contributed by atoms with E-state index in [1.165, 1.54) is 16.2 Å². The van der Waals surface area contributed by atoms with Gasteiger partial charge in [-0.15, -0.1) is 11.3 Å². The number of halogens is 1. The highest BCUT2D eigenvalue weighted by Crippen LogP contribution is 2.27. The summed E-state index contributed by atoms with van der Waals surface area (Å²) < 4.78 is 14.2. The van der Waals surface area contributed by atoms with Gasteiger partial charge in [-0.2, -0.15) is 0 Å². The number of alkyl halides is 1. The molecule has 6 nitrogen and oxygen atoms in total. The molecule has 0 radical (unpaired) electrons. The van der Waals surface area contributed by atoms with Crippen molar-refractivity contribution in [2.45, 2.75) is 32.1 Å². The van der Waals surface area contributed by atoms with Gasteiger partial charge in [0.2, 0.25) is 5.91 Å². The van der Waals surface area contributed by atoms with Crippen LogP contribution in [0.1, 0.15) is 28.0 Å². The number of benzene rings is 1. The zero-order valence-corrected chi connectivity index (χ0v) is 17.2. The van der Waals surface area contributed by atoms with Crippen molar-refractivity contribution in [3.63, 3.8) is 0 Å². The van der Waals surface area contributed by atoms with Crippen molar-refractivity contribution in [1.82, 2.24) is 20.2 Å². The molecule has 2 aromatic heterocycles. The van der Waals surface area contributed by atoms with Gasteiger partial charge in [0.1, 0.15) is 22.9 Å². The minimum absolute atomic E-state index is 0.00898. The first-order valence-corrected chi connectivity index (χ1v) is 10.5. The molecule has 0 bridgehead atoms. The van der Waals surface area contributed by atoms with Crippen LogP contribution in [0.3, 0.4) is 0 Å². The summed E-state index contributed by atoms with van der Waals surface area (Å²) in [6.45, 7) is 2.19. The third-order valence-electron chi connectivity index (χ3n) is 5.16. The van der Waals surface area contributed by atoms with Crippen LogP contribution in [0, 0.1) is 6.92 Å². The molecule has 154 valence electrons. The topological polar surface area (TPSA) is 75.2 Å². The number of likely N-dealkylation sites (tertiary alicyclic amines) is 1. The molecular formula is C22H21FN4O2S. The van der Waals surface area contributed by atoms with Crippen molar-refractivity contribution in [3.8, 4) is 10.6 Å². The third kappa shape index (κ3) is 4.23. The largest absolute Gasteiger partial charge is 0.350 e. The monoisotopic (exact) mass is 424 g/mol. The SMILES string of the molecule is Cc1ccccc1CNC(=O)[C@@H]1C[C@@H](F)CN1C(=O)c1csc(-c2cccnc2)n1. The molecule has 0 saturated carbocycles. The predicted molar refractivity (Wildman–Crippen MR) is 113 cm³/mol. The molecule has 1 aliphatic heterocycles. The lowest BCUT2D eigenvalue weighted by Gasteiger charge is -2.23. The molecule has 1 aromatic carbocycles. The number of carbonyl (C=O) groups is 2. The summed E-state index contributed by atoms with van der Waals surface area (Å²) in [6.07, 6.45) is 2.09. The molecule has 2 atom stereocenters. The predicted octanol–water partition coefficient (Wildman–Crippen LogP) is 3.38. The zero-order chi connectivity index (χ0) is 21.1. The molecule has 1 fully saturated rings. The number of rotatable bonds is 5. The highest BCUT2D eigenvalue weighted by atomic mass is 32.1. The van der Waals surface area contributed by atoms with Crippen molar-refractivity contribution in [1.29, 1.82) is 0 Å². The second-order valence-electron chi connectivity index (χ2n) is 7.23. The Morgan fingerprint density at radius 3 is 2.87 bits per heavy atom. The molecule has 4 rings (SSSR count). The summed E-state index contributed by atoms with van der Waals surface area (Å²) in [6, 6.07) is 10.5. The molecule has 3 aromatic rings. The first-order valence-electron chi connectivity index (χ1n) is 9.66. The second kappa shape index (κ2) is 8.71. The van der Waals surface area contributed by atoms with E-state index in [0.717, 1.165) is 16.7 Å². The Morgan fingerprint density at radius 2 is 2.10 bits per heavy atom. The number of hydrogen-bond acceptors (Lipinski definition) is 5. The maximum Gasteiger partial charge on any atom is 0.274 e. The number of amides is 2. The summed E-state index contributed by atoms with van der Waals surface area (Å²) in [5, 5.41) is 5.14. The summed E-state index contributed by atoms with van der Waals surface area (Å²) in [7, 11) is 0. The van der Waals surface area contributed by atoms with Crippen LogP contribution >= 0.6 is 11.3 Å². The molecule has 1 N–H and O–H groups in total. The Bertz CT molecular complexity index is 1060. The summed E-state index contributed by atoms with van der Waals surface area (Å²) in [5.41, 5.74) is 3.06. The van der Waals surface area contributed by atoms with E-state index in [1.807, 2.05) is 37.3 Å². The van der Waals surface area contributed by atoms with E-state index in [0.29, 0.717) is 11.6 Å². The molecule has 3 heterocycles. The first kappa shape index (κ1) is 20.2. The van der Waals surface area contributed by atoms with E-state index in [1.54, 1.807) is 23.8 Å². The number of hydrogen-bond donors (Lipinski definition) is 1. The first-order chi connectivity index (χ1) is 14.5. The van der Waals surface area contributed by atoms with Gasteiger partial charge in [0.05, 0.1) is 6.54 Å². The quantitative estimate of drug-likeness (QED) is 0.681. The van der Waals surface area contributed by atoms with Gasteiger partial charge in [0.25, 0.3) is 5.91 Å². The number of carbonyl (C=O) groups excluding carboxylic acids is 2. The summed E-state index contributed by atoms with van der Waals surface area (Å²) in [5.74, 6) is -0.785. The second-order valence-corrected chi connectivity index (χ2v) is 8.09. The maximum absolute atomic E-state index is 14.2. The lowest BCUT2D eigenvalue weighted by molar-refractivity contribution is -0.125. The van der Waals surface area contributed by atoms with Crippen LogP contribution in [-0.4, -0.2) is 45.4 Å². The highest BCUT2D eigenvalue weighted by Gasteiger charge is 2.40. The van der Waals surface area contributed by atoms with Crippen LogP contribution < -0.4 is 5.32 Å². The van der Waals surface area contributed by atoms with E-state index in [4.69, 9.17) is 0 Å². The summed E-state index contributed by atoms with van der Waals surface area (Å²) in [4.78, 5) is 35.5. The van der Waals surface area contributed by atoms with Gasteiger partial charge in [-0.1, -0.05) is 24.3 Å². The molecule has 2 amide bonds. The fourth-order valence-electron chi connectivity index (χ4n) is 3.51. The van der Waals surface area contributed by atoms with E-state index in [9.17, 15) is 14.0 Å². The maximum atomic E-state index is 14.2. The minimum atomic E-state index is -1.24. The van der Waals surface area contributed by atoms with Crippen molar-refractivity contribution in [3.05, 3.63) is 71.0 Å². The standard InChI is InChI=1S/C22H21FN4O2S/c1-14-5-2-3-6-15(14)11-25-20(28)19-9-17(23)12-27(19)22(29)18-13-30-21(26-18)16-7-4-8-24-10-16/h2-8,10,13,17,19H,9,11-12H2,1H3,(H,25,28)/t17-,19+/m1/s1. The normalized spacial score (nSPS) is 18.4. The number of nitrogens with one attached hydrogen (secondary N) is 1. The lowest BCUT2D eigenvalue weighted by atomic mass is 10.1. The number of aromatic nitrogens is 2. The molecule has 8 heteroatoms. The van der Waals surface area contributed by atoms with Gasteiger partial charge in [-0.3, -0.25) is 14.6 Å². The van der Waals surface area contributed by atoms with Crippen LogP contribution in [0.2, 0.25) is 0 Å². The van der Waals surface area contributed by atoms with Crippen molar-refractivity contribution >= 4 is 23.2 Å². The van der Waals surface area contributed by atoms with Gasteiger partial charge in [-0.05, 0) is 30.2 Å². The van der Waals surface area contributed by atoms with Gasteiger partial charge in [-0.25, -0.2) is 9.37 Å². The Kier molecular flexibility index (Phi) is 5.85. The van der Waals surface area contributed by atoms with Crippen LogP contribution in [0.5, 0.6) is 0 Å². The average molecular weight is 425 g/mol. The average Bonchev–Trinajstić information content (AvgIpc) is 3.40. The number of aryl methyl sites for hydroxylation is 1. The molecular weight excluding hydrogens is 403 g/mol. The van der Waals surface area contributed by atoms with Gasteiger partial charge >= 0.3 is 0 Å². The Morgan fingerprint density at radius 1 is 1.27 bits per heavy atom. The Hall–Kier alpha value is -3.13. The highest BCUT2D eigenvalue weighted by molar-refractivity contribution is 7.13. The fourth-order valence-corrected chi connectivity index (χ4v) is 4.29. The molecule has 0 spiro atoms. The van der Waals surface area contributed by atoms with Gasteiger partial charge in [0, 0.05) is 36.3 Å². The summed E-state index contributed by atoms with van der Waals surface area (Å²) >= 11 is 1.32. The Labute approximate surface area is 177 Å². The number of nitrogens with zero attached hydrogens (tertiary/aromatic N) is 3. The van der Waals surface area contributed by atoms with Crippen LogP contribution in [-0.2, 0) is 11.3 Å². The smallest absolute Gasteiger partial charge is 0.274 e. The van der Waals surface area contributed by atoms with E-state index in [2.05, 4.69) is 15.3 Å². The lowest BCUT2D eigenvalue weighted by Crippen LogP contribution is -2.45. The van der Waals surface area contributed by atoms with Crippen molar-refractivity contribution < 1.29 is 14.0 Å².